The van der Waals surface area contributed by atoms with Gasteiger partial charge in [-0.15, -0.1) is 23.7 Å². The molecule has 0 fully saturated rings. The number of nitrogens with two attached hydrogens (primary N) is 2. The predicted octanol–water partition coefficient (Wildman–Crippen LogP) is 1.57. The number of nitrogens with one attached hydrogen (secondary N) is 1. The Morgan fingerprint density at radius 1 is 1.40 bits per heavy atom. The van der Waals surface area contributed by atoms with Gasteiger partial charge >= 0.3 is 5.76 Å². The maximum Gasteiger partial charge on any atom is 0.417 e. The van der Waals surface area contributed by atoms with E-state index in [2.05, 4.69) is 15.0 Å². The first kappa shape index (κ1) is 14.1. The Hall–Kier alpha value is -2.32. The van der Waals surface area contributed by atoms with Gasteiger partial charge < -0.3 is 15.9 Å². The highest BCUT2D eigenvalue weighted by atomic mass is 35.5. The van der Waals surface area contributed by atoms with Gasteiger partial charge in [0, 0.05) is 10.9 Å². The van der Waals surface area contributed by atoms with E-state index in [1.165, 1.54) is 11.3 Å². The molecule has 2 aromatic heterocycles. The van der Waals surface area contributed by atoms with Crippen LogP contribution in [0.2, 0.25) is 0 Å². The summed E-state index contributed by atoms with van der Waals surface area (Å²) in [6, 6.07) is 5.33. The molecule has 0 saturated heterocycles. The van der Waals surface area contributed by atoms with Crippen molar-refractivity contribution in [2.45, 2.75) is 0 Å². The number of oxazole rings is 1. The number of thiazole rings is 1. The van der Waals surface area contributed by atoms with Crippen LogP contribution in [0.4, 0.5) is 5.13 Å². The standard InChI is InChI=1S/C11H9N5O2S.ClH/c12-9(13)16-10-14-7(4-19-10)5-1-2-6-8(3-5)18-11(17)15-6;/h1-4H,(H,15,17)(H4,12,13,14,16);1H. The highest BCUT2D eigenvalue weighted by Gasteiger charge is 2.07. The van der Waals surface area contributed by atoms with E-state index < -0.39 is 5.76 Å². The molecule has 20 heavy (non-hydrogen) atoms. The maximum absolute atomic E-state index is 11.1. The smallest absolute Gasteiger partial charge is 0.408 e. The van der Waals surface area contributed by atoms with Gasteiger partial charge in [-0.2, -0.15) is 4.99 Å². The van der Waals surface area contributed by atoms with Gasteiger partial charge in [0.15, 0.2) is 11.5 Å². The first-order valence-corrected chi connectivity index (χ1v) is 6.18. The van der Waals surface area contributed by atoms with Crippen LogP contribution >= 0.6 is 23.7 Å². The van der Waals surface area contributed by atoms with Crippen molar-refractivity contribution in [1.29, 1.82) is 0 Å². The van der Waals surface area contributed by atoms with Crippen molar-refractivity contribution in [3.05, 3.63) is 34.1 Å². The highest BCUT2D eigenvalue weighted by molar-refractivity contribution is 7.13. The van der Waals surface area contributed by atoms with Gasteiger partial charge in [-0.25, -0.2) is 9.78 Å². The fourth-order valence-electron chi connectivity index (χ4n) is 1.66. The van der Waals surface area contributed by atoms with Gasteiger partial charge in [0.1, 0.15) is 0 Å². The summed E-state index contributed by atoms with van der Waals surface area (Å²) in [7, 11) is 0. The van der Waals surface area contributed by atoms with Crippen LogP contribution in [-0.4, -0.2) is 15.9 Å². The monoisotopic (exact) mass is 311 g/mol. The van der Waals surface area contributed by atoms with E-state index in [1.54, 1.807) is 12.1 Å². The number of H-pyrrole nitrogens is 1. The molecule has 0 radical (unpaired) electrons. The minimum absolute atomic E-state index is 0. The molecule has 104 valence electrons. The number of nitrogens with zero attached hydrogens (tertiary/aromatic N) is 2. The van der Waals surface area contributed by atoms with Gasteiger partial charge in [0.25, 0.3) is 0 Å². The number of guanidine groups is 1. The molecule has 2 heterocycles. The zero-order valence-corrected chi connectivity index (χ0v) is 11.6. The van der Waals surface area contributed by atoms with Crippen LogP contribution in [0.25, 0.3) is 22.4 Å². The van der Waals surface area contributed by atoms with Crippen molar-refractivity contribution in [1.82, 2.24) is 9.97 Å². The zero-order chi connectivity index (χ0) is 13.4. The summed E-state index contributed by atoms with van der Waals surface area (Å²) < 4.78 is 5.00. The molecule has 0 atom stereocenters. The van der Waals surface area contributed by atoms with E-state index in [0.29, 0.717) is 16.2 Å². The van der Waals surface area contributed by atoms with Crippen molar-refractivity contribution in [2.24, 2.45) is 16.5 Å². The molecule has 0 aliphatic rings. The van der Waals surface area contributed by atoms with Gasteiger partial charge in [-0.05, 0) is 12.1 Å². The van der Waals surface area contributed by atoms with Gasteiger partial charge in [-0.1, -0.05) is 6.07 Å². The fourth-order valence-corrected chi connectivity index (χ4v) is 2.38. The Kier molecular flexibility index (Phi) is 3.77. The normalized spacial score (nSPS) is 10.2. The number of aromatic nitrogens is 2. The molecular formula is C11H10ClN5O2S. The molecule has 5 N–H and O–H groups in total. The van der Waals surface area contributed by atoms with Gasteiger partial charge in [0.2, 0.25) is 5.13 Å². The van der Waals surface area contributed by atoms with Crippen molar-refractivity contribution in [3.63, 3.8) is 0 Å². The van der Waals surface area contributed by atoms with E-state index in [0.717, 1.165) is 11.3 Å². The van der Waals surface area contributed by atoms with Crippen LogP contribution < -0.4 is 17.2 Å². The highest BCUT2D eigenvalue weighted by Crippen LogP contribution is 2.28. The summed E-state index contributed by atoms with van der Waals surface area (Å²) in [5.74, 6) is -0.514. The molecular weight excluding hydrogens is 302 g/mol. The van der Waals surface area contributed by atoms with E-state index in [1.807, 2.05) is 11.4 Å². The van der Waals surface area contributed by atoms with Crippen LogP contribution in [-0.2, 0) is 0 Å². The molecule has 0 spiro atoms. The lowest BCUT2D eigenvalue weighted by Gasteiger charge is -1.95. The Morgan fingerprint density at radius 2 is 2.20 bits per heavy atom. The minimum Gasteiger partial charge on any atom is -0.408 e. The first-order valence-electron chi connectivity index (χ1n) is 5.30. The van der Waals surface area contributed by atoms with Gasteiger partial charge in [-0.3, -0.25) is 4.98 Å². The number of hydrogen-bond donors (Lipinski definition) is 3. The molecule has 0 bridgehead atoms. The molecule has 0 amide bonds. The molecule has 9 heteroatoms. The van der Waals surface area contributed by atoms with Crippen LogP contribution in [0.3, 0.4) is 0 Å². The van der Waals surface area contributed by atoms with Crippen molar-refractivity contribution < 1.29 is 4.42 Å². The third-order valence-electron chi connectivity index (χ3n) is 2.43. The van der Waals surface area contributed by atoms with E-state index in [9.17, 15) is 4.79 Å². The maximum atomic E-state index is 11.1. The van der Waals surface area contributed by atoms with Crippen LogP contribution in [0.1, 0.15) is 0 Å². The molecule has 3 rings (SSSR count). The van der Waals surface area contributed by atoms with E-state index in [4.69, 9.17) is 15.9 Å². The summed E-state index contributed by atoms with van der Waals surface area (Å²) in [4.78, 5) is 21.8. The molecule has 1 aromatic carbocycles. The quantitative estimate of drug-likeness (QED) is 0.489. The SMILES string of the molecule is Cl.NC(N)=Nc1nc(-c2ccc3[nH]c(=O)oc3c2)cs1. The first-order chi connectivity index (χ1) is 9.11. The molecule has 0 aliphatic heterocycles. The summed E-state index contributed by atoms with van der Waals surface area (Å²) in [6.07, 6.45) is 0. The summed E-state index contributed by atoms with van der Waals surface area (Å²) in [5, 5.41) is 2.30. The lowest BCUT2D eigenvalue weighted by Crippen LogP contribution is -2.21. The third kappa shape index (κ3) is 2.65. The fraction of sp³-hybridized carbons (Fsp3) is 0. The molecule has 0 saturated carbocycles. The second kappa shape index (κ2) is 5.35. The van der Waals surface area contributed by atoms with Crippen LogP contribution in [0.5, 0.6) is 0 Å². The number of hydrogen-bond acceptors (Lipinski definition) is 5. The number of fused-ring (bicyclic) bond motifs is 1. The van der Waals surface area contributed by atoms with Crippen LogP contribution in [0.15, 0.2) is 37.8 Å². The average molecular weight is 312 g/mol. The predicted molar refractivity (Wildman–Crippen MR) is 80.7 cm³/mol. The molecule has 3 aromatic rings. The van der Waals surface area contributed by atoms with E-state index in [-0.39, 0.29) is 18.4 Å². The largest absolute Gasteiger partial charge is 0.417 e. The topological polar surface area (TPSA) is 123 Å². The molecule has 0 unspecified atom stereocenters. The van der Waals surface area contributed by atoms with Crippen molar-refractivity contribution >= 4 is 45.9 Å². The third-order valence-corrected chi connectivity index (χ3v) is 3.17. The summed E-state index contributed by atoms with van der Waals surface area (Å²) in [5.41, 5.74) is 13.3. The number of rotatable bonds is 2. The van der Waals surface area contributed by atoms with Gasteiger partial charge in [0.05, 0.1) is 11.2 Å². The molecule has 0 aliphatic carbocycles. The number of benzene rings is 1. The zero-order valence-electron chi connectivity index (χ0n) is 9.99. The summed E-state index contributed by atoms with van der Waals surface area (Å²) in [6.45, 7) is 0. The number of aromatic amines is 1. The average Bonchev–Trinajstić information content (AvgIpc) is 2.92. The van der Waals surface area contributed by atoms with E-state index >= 15 is 0 Å². The Bertz CT molecular complexity index is 831. The second-order valence-corrected chi connectivity index (χ2v) is 4.61. The van der Waals surface area contributed by atoms with Crippen LogP contribution in [0, 0.1) is 0 Å². The lowest BCUT2D eigenvalue weighted by atomic mass is 10.1. The number of aliphatic imine (C=N–C) groups is 1. The Morgan fingerprint density at radius 3 is 2.95 bits per heavy atom. The van der Waals surface area contributed by atoms with Crippen molar-refractivity contribution in [2.75, 3.05) is 0 Å². The second-order valence-electron chi connectivity index (χ2n) is 3.78. The Balaban J connectivity index is 0.00000147. The number of halogens is 1. The minimum atomic E-state index is -0.480. The van der Waals surface area contributed by atoms with Crippen molar-refractivity contribution in [3.8, 4) is 11.3 Å². The lowest BCUT2D eigenvalue weighted by molar-refractivity contribution is 0.555. The molecule has 7 nitrogen and oxygen atoms in total. The summed E-state index contributed by atoms with van der Waals surface area (Å²) >= 11 is 1.32. The Labute approximate surface area is 122 Å².